The number of fused-ring (bicyclic) bond motifs is 1. The normalized spacial score (nSPS) is 37.8. The van der Waals surface area contributed by atoms with Crippen molar-refractivity contribution in [2.24, 2.45) is 11.8 Å². The van der Waals surface area contributed by atoms with Crippen LogP contribution < -0.4 is 0 Å². The third-order valence-electron chi connectivity index (χ3n) is 4.03. The summed E-state index contributed by atoms with van der Waals surface area (Å²) < 4.78 is 29.0. The average molecular weight is 402 g/mol. The van der Waals surface area contributed by atoms with Gasteiger partial charge in [-0.1, -0.05) is 0 Å². The molecule has 2 fully saturated rings. The van der Waals surface area contributed by atoms with Crippen molar-refractivity contribution in [2.45, 2.75) is 49.6 Å². The second kappa shape index (κ2) is 8.24. The molecule has 20 heavy (non-hydrogen) atoms. The second-order valence-electron chi connectivity index (χ2n) is 5.20. The van der Waals surface area contributed by atoms with Gasteiger partial charge < -0.3 is 0 Å². The molecule has 0 aromatic heterocycles. The van der Waals surface area contributed by atoms with Gasteiger partial charge in [0.05, 0.1) is 0 Å². The van der Waals surface area contributed by atoms with Crippen LogP contribution in [0.3, 0.4) is 0 Å². The van der Waals surface area contributed by atoms with Gasteiger partial charge in [-0.05, 0) is 0 Å². The van der Waals surface area contributed by atoms with Crippen LogP contribution in [0.15, 0.2) is 0 Å². The molecule has 0 aromatic carbocycles. The van der Waals surface area contributed by atoms with Crippen molar-refractivity contribution < 1.29 is 20.3 Å². The molecule has 5 atom stereocenters. The average Bonchev–Trinajstić information content (AvgIpc) is 2.85. The number of hydrogen-bond donors (Lipinski definition) is 0. The first kappa shape index (κ1) is 16.9. The topological polar surface area (TPSA) is 46.2 Å². The van der Waals surface area contributed by atoms with E-state index in [1.807, 2.05) is 0 Å². The standard InChI is InChI=1S/C14H27IO5/c1-5-7-19-15(17-4)14-10(6-2)11-8-13(16-3)18-9-12(11)20-14/h10-14H,5-9H2,1-4H3/t10?,11?,12-,13?,14?/m1/s1. The first-order chi connectivity index (χ1) is 9.74. The summed E-state index contributed by atoms with van der Waals surface area (Å²) in [6.45, 7) is 5.73. The van der Waals surface area contributed by atoms with Crippen LogP contribution in [-0.2, 0) is 20.3 Å². The minimum absolute atomic E-state index is 0.0889. The molecule has 2 heterocycles. The molecule has 2 saturated heterocycles. The van der Waals surface area contributed by atoms with Crippen molar-refractivity contribution in [3.05, 3.63) is 0 Å². The van der Waals surface area contributed by atoms with Gasteiger partial charge in [-0.2, -0.15) is 0 Å². The molecule has 2 aliphatic heterocycles. The summed E-state index contributed by atoms with van der Waals surface area (Å²) in [5, 5.41) is 0. The number of halogens is 1. The third kappa shape index (κ3) is 3.64. The van der Waals surface area contributed by atoms with Gasteiger partial charge in [0, 0.05) is 0 Å². The molecule has 0 bridgehead atoms. The first-order valence-electron chi connectivity index (χ1n) is 7.41. The molecule has 5 nitrogen and oxygen atoms in total. The number of hydrogen-bond acceptors (Lipinski definition) is 5. The van der Waals surface area contributed by atoms with Crippen LogP contribution in [0.5, 0.6) is 0 Å². The Morgan fingerprint density at radius 2 is 2.05 bits per heavy atom. The van der Waals surface area contributed by atoms with Crippen LogP contribution >= 0.6 is 20.6 Å². The predicted molar refractivity (Wildman–Crippen MR) is 84.6 cm³/mol. The molecule has 0 aromatic rings. The molecule has 4 unspecified atom stereocenters. The number of ether oxygens (including phenoxy) is 3. The van der Waals surface area contributed by atoms with Gasteiger partial charge in [0.15, 0.2) is 0 Å². The zero-order chi connectivity index (χ0) is 14.5. The van der Waals surface area contributed by atoms with Crippen molar-refractivity contribution in [1.29, 1.82) is 0 Å². The Kier molecular flexibility index (Phi) is 6.96. The Morgan fingerprint density at radius 3 is 2.65 bits per heavy atom. The van der Waals surface area contributed by atoms with Crippen molar-refractivity contribution in [2.75, 3.05) is 27.4 Å². The Morgan fingerprint density at radius 1 is 1.25 bits per heavy atom. The predicted octanol–water partition coefficient (Wildman–Crippen LogP) is 3.16. The fraction of sp³-hybridized carbons (Fsp3) is 1.00. The fourth-order valence-electron chi connectivity index (χ4n) is 2.99. The zero-order valence-electron chi connectivity index (χ0n) is 12.8. The number of rotatable bonds is 7. The molecule has 2 aliphatic rings. The monoisotopic (exact) mass is 402 g/mol. The van der Waals surface area contributed by atoms with Crippen LogP contribution in [0.2, 0.25) is 0 Å². The maximum atomic E-state index is 6.25. The van der Waals surface area contributed by atoms with E-state index in [2.05, 4.69) is 13.8 Å². The van der Waals surface area contributed by atoms with E-state index in [0.717, 1.165) is 25.9 Å². The third-order valence-corrected chi connectivity index (χ3v) is 8.17. The summed E-state index contributed by atoms with van der Waals surface area (Å²) in [6, 6.07) is 0. The van der Waals surface area contributed by atoms with Gasteiger partial charge in [-0.15, -0.1) is 0 Å². The van der Waals surface area contributed by atoms with E-state index in [9.17, 15) is 0 Å². The van der Waals surface area contributed by atoms with Gasteiger partial charge in [-0.3, -0.25) is 0 Å². The summed E-state index contributed by atoms with van der Waals surface area (Å²) >= 11 is -1.98. The van der Waals surface area contributed by atoms with Crippen LogP contribution in [0, 0.1) is 11.8 Å². The maximum absolute atomic E-state index is 6.25. The van der Waals surface area contributed by atoms with Gasteiger partial charge in [-0.25, -0.2) is 0 Å². The summed E-state index contributed by atoms with van der Waals surface area (Å²) in [7, 11) is 3.46. The molecular formula is C14H27IO5. The van der Waals surface area contributed by atoms with E-state index in [-0.39, 0.29) is 16.5 Å². The molecule has 0 N–H and O–H groups in total. The number of methoxy groups -OCH3 is 1. The quantitative estimate of drug-likeness (QED) is 0.484. The molecule has 0 aliphatic carbocycles. The zero-order valence-corrected chi connectivity index (χ0v) is 15.0. The summed E-state index contributed by atoms with van der Waals surface area (Å²) in [5.74, 6) is 1.01. The molecule has 6 heteroatoms. The van der Waals surface area contributed by atoms with Crippen LogP contribution in [0.4, 0.5) is 0 Å². The second-order valence-corrected chi connectivity index (χ2v) is 9.31. The van der Waals surface area contributed by atoms with E-state index >= 15 is 0 Å². The van der Waals surface area contributed by atoms with Gasteiger partial charge in [0.1, 0.15) is 0 Å². The molecule has 0 saturated carbocycles. The first-order valence-corrected chi connectivity index (χ1v) is 10.4. The SMILES string of the molecule is CCCOI(OC)C1O[C@@H]2COC(OC)CC2C1CC. The van der Waals surface area contributed by atoms with E-state index in [1.54, 1.807) is 14.2 Å². The van der Waals surface area contributed by atoms with Crippen molar-refractivity contribution in [3.63, 3.8) is 0 Å². The van der Waals surface area contributed by atoms with Gasteiger partial charge in [0.25, 0.3) is 0 Å². The van der Waals surface area contributed by atoms with Crippen LogP contribution in [0.25, 0.3) is 0 Å². The fourth-order valence-corrected chi connectivity index (χ4v) is 7.39. The van der Waals surface area contributed by atoms with E-state index in [0.29, 0.717) is 18.4 Å². The molecule has 0 amide bonds. The Balaban J connectivity index is 2.03. The minimum atomic E-state index is -1.98. The van der Waals surface area contributed by atoms with Crippen LogP contribution in [-0.4, -0.2) is 43.9 Å². The Hall–Kier alpha value is 0.530. The molecule has 0 spiro atoms. The Bertz CT molecular complexity index is 291. The van der Waals surface area contributed by atoms with Crippen molar-refractivity contribution >= 4 is 20.6 Å². The number of alkyl halides is 1. The summed E-state index contributed by atoms with van der Waals surface area (Å²) in [4.78, 5) is 0. The van der Waals surface area contributed by atoms with Crippen molar-refractivity contribution in [3.8, 4) is 0 Å². The summed E-state index contributed by atoms with van der Waals surface area (Å²) in [5.41, 5.74) is 0. The van der Waals surface area contributed by atoms with Crippen molar-refractivity contribution in [1.82, 2.24) is 0 Å². The van der Waals surface area contributed by atoms with E-state index < -0.39 is 20.6 Å². The summed E-state index contributed by atoms with van der Waals surface area (Å²) in [6.07, 6.45) is 3.11. The van der Waals surface area contributed by atoms with Crippen LogP contribution in [0.1, 0.15) is 33.1 Å². The van der Waals surface area contributed by atoms with Gasteiger partial charge in [0.2, 0.25) is 0 Å². The Labute approximate surface area is 130 Å². The molecule has 2 rings (SSSR count). The molecular weight excluding hydrogens is 375 g/mol. The van der Waals surface area contributed by atoms with E-state index in [1.165, 1.54) is 0 Å². The molecule has 0 radical (unpaired) electrons. The van der Waals surface area contributed by atoms with Gasteiger partial charge >= 0.3 is 130 Å². The molecule has 120 valence electrons. The van der Waals surface area contributed by atoms with E-state index in [4.69, 9.17) is 20.3 Å².